The maximum atomic E-state index is 11.2. The molecule has 0 heterocycles. The van der Waals surface area contributed by atoms with Crippen LogP contribution in [0.5, 0.6) is 0 Å². The van der Waals surface area contributed by atoms with E-state index in [1.807, 2.05) is 6.92 Å². The highest BCUT2D eigenvalue weighted by Gasteiger charge is 2.12. The zero-order valence-corrected chi connectivity index (χ0v) is 7.42. The number of carbonyl (C=O) groups excluding carboxylic acids is 1. The Morgan fingerprint density at radius 1 is 1.73 bits per heavy atom. The fraction of sp³-hybridized carbons (Fsp3) is 0.625. The van der Waals surface area contributed by atoms with E-state index in [0.29, 0.717) is 6.54 Å². The van der Waals surface area contributed by atoms with Gasteiger partial charge in [0, 0.05) is 20.6 Å². The Kier molecular flexibility index (Phi) is 4.54. The molecule has 0 rings (SSSR count). The van der Waals surface area contributed by atoms with Gasteiger partial charge in [0.25, 0.3) is 0 Å². The summed E-state index contributed by atoms with van der Waals surface area (Å²) in [6.45, 7) is 6.06. The van der Waals surface area contributed by atoms with Gasteiger partial charge in [0.1, 0.15) is 0 Å². The largest absolute Gasteiger partial charge is 0.347 e. The minimum Gasteiger partial charge on any atom is -0.347 e. The van der Waals surface area contributed by atoms with Crippen molar-refractivity contribution in [1.29, 1.82) is 0 Å². The lowest BCUT2D eigenvalue weighted by molar-refractivity contribution is -0.130. The maximum Gasteiger partial charge on any atom is 0.238 e. The fourth-order valence-electron chi connectivity index (χ4n) is 0.735. The van der Waals surface area contributed by atoms with Crippen LogP contribution in [0.4, 0.5) is 0 Å². The molecule has 1 unspecified atom stereocenters. The van der Waals surface area contributed by atoms with Crippen LogP contribution < -0.4 is 5.32 Å². The highest BCUT2D eigenvalue weighted by molar-refractivity contribution is 5.80. The summed E-state index contributed by atoms with van der Waals surface area (Å²) in [4.78, 5) is 12.7. The van der Waals surface area contributed by atoms with Crippen molar-refractivity contribution in [1.82, 2.24) is 10.2 Å². The molecular weight excluding hydrogens is 140 g/mol. The van der Waals surface area contributed by atoms with E-state index in [4.69, 9.17) is 0 Å². The quantitative estimate of drug-likeness (QED) is 0.591. The summed E-state index contributed by atoms with van der Waals surface area (Å²) >= 11 is 0. The molecule has 0 aliphatic carbocycles. The molecule has 11 heavy (non-hydrogen) atoms. The van der Waals surface area contributed by atoms with Crippen LogP contribution in [0.3, 0.4) is 0 Å². The Hall–Kier alpha value is -0.830. The normalized spacial score (nSPS) is 12.3. The summed E-state index contributed by atoms with van der Waals surface area (Å²) in [5.41, 5.74) is 0. The predicted molar refractivity (Wildman–Crippen MR) is 46.4 cm³/mol. The Labute approximate surface area is 68.1 Å². The van der Waals surface area contributed by atoms with Crippen LogP contribution in [0.2, 0.25) is 0 Å². The van der Waals surface area contributed by atoms with Gasteiger partial charge in [-0.05, 0) is 6.92 Å². The first kappa shape index (κ1) is 10.2. The van der Waals surface area contributed by atoms with Gasteiger partial charge in [0.15, 0.2) is 0 Å². The van der Waals surface area contributed by atoms with E-state index in [-0.39, 0.29) is 11.9 Å². The highest BCUT2D eigenvalue weighted by Crippen LogP contribution is 1.87. The van der Waals surface area contributed by atoms with Crippen LogP contribution in [0.15, 0.2) is 12.7 Å². The second-order valence-electron chi connectivity index (χ2n) is 2.65. The van der Waals surface area contributed by atoms with Crippen LogP contribution in [-0.2, 0) is 4.79 Å². The standard InChI is InChI=1S/C8H16N2O/c1-5-6-9-7(2)8(11)10(3)4/h5,7,9H,1,6H2,2-4H3. The van der Waals surface area contributed by atoms with E-state index in [2.05, 4.69) is 11.9 Å². The number of likely N-dealkylation sites (N-methyl/N-ethyl adjacent to an activating group) is 1. The molecule has 0 radical (unpaired) electrons. The highest BCUT2D eigenvalue weighted by atomic mass is 16.2. The van der Waals surface area contributed by atoms with Gasteiger partial charge in [-0.15, -0.1) is 6.58 Å². The van der Waals surface area contributed by atoms with Crippen molar-refractivity contribution < 1.29 is 4.79 Å². The predicted octanol–water partition coefficient (Wildman–Crippen LogP) is 0.239. The van der Waals surface area contributed by atoms with E-state index in [1.165, 1.54) is 0 Å². The molecule has 64 valence electrons. The molecule has 1 atom stereocenters. The molecule has 0 aromatic carbocycles. The van der Waals surface area contributed by atoms with Gasteiger partial charge >= 0.3 is 0 Å². The fourth-order valence-corrected chi connectivity index (χ4v) is 0.735. The molecule has 0 aromatic heterocycles. The zero-order chi connectivity index (χ0) is 8.85. The third kappa shape index (κ3) is 3.78. The number of nitrogens with one attached hydrogen (secondary N) is 1. The second kappa shape index (κ2) is 4.91. The molecule has 0 spiro atoms. The maximum absolute atomic E-state index is 11.2. The molecule has 1 amide bonds. The van der Waals surface area contributed by atoms with Crippen molar-refractivity contribution >= 4 is 5.91 Å². The van der Waals surface area contributed by atoms with Gasteiger partial charge in [-0.25, -0.2) is 0 Å². The number of hydrogen-bond donors (Lipinski definition) is 1. The van der Waals surface area contributed by atoms with Crippen molar-refractivity contribution in [2.45, 2.75) is 13.0 Å². The Morgan fingerprint density at radius 2 is 2.27 bits per heavy atom. The van der Waals surface area contributed by atoms with Gasteiger partial charge in [0.2, 0.25) is 5.91 Å². The summed E-state index contributed by atoms with van der Waals surface area (Å²) in [6, 6.07) is -0.122. The molecule has 0 aromatic rings. The molecular formula is C8H16N2O. The smallest absolute Gasteiger partial charge is 0.238 e. The molecule has 3 nitrogen and oxygen atoms in total. The second-order valence-corrected chi connectivity index (χ2v) is 2.65. The van der Waals surface area contributed by atoms with Gasteiger partial charge in [-0.2, -0.15) is 0 Å². The summed E-state index contributed by atoms with van der Waals surface area (Å²) in [6.07, 6.45) is 1.74. The number of nitrogens with zero attached hydrogens (tertiary/aromatic N) is 1. The van der Waals surface area contributed by atoms with Crippen LogP contribution in [0, 0.1) is 0 Å². The number of amides is 1. The first-order chi connectivity index (χ1) is 5.09. The Bertz CT molecular complexity index is 143. The van der Waals surface area contributed by atoms with E-state index in [0.717, 1.165) is 0 Å². The SMILES string of the molecule is C=CCNC(C)C(=O)N(C)C. The van der Waals surface area contributed by atoms with E-state index < -0.39 is 0 Å². The van der Waals surface area contributed by atoms with Crippen molar-refractivity contribution in [2.75, 3.05) is 20.6 Å². The van der Waals surface area contributed by atoms with Gasteiger partial charge in [0.05, 0.1) is 6.04 Å². The lowest BCUT2D eigenvalue weighted by atomic mass is 10.3. The van der Waals surface area contributed by atoms with Crippen molar-refractivity contribution in [3.05, 3.63) is 12.7 Å². The van der Waals surface area contributed by atoms with E-state index in [9.17, 15) is 4.79 Å². The van der Waals surface area contributed by atoms with Crippen LogP contribution in [0.25, 0.3) is 0 Å². The van der Waals surface area contributed by atoms with Gasteiger partial charge in [-0.3, -0.25) is 4.79 Å². The molecule has 0 aliphatic heterocycles. The van der Waals surface area contributed by atoms with Crippen LogP contribution in [-0.4, -0.2) is 37.5 Å². The summed E-state index contributed by atoms with van der Waals surface area (Å²) in [5, 5.41) is 3.00. The summed E-state index contributed by atoms with van der Waals surface area (Å²) < 4.78 is 0. The van der Waals surface area contributed by atoms with E-state index in [1.54, 1.807) is 25.1 Å². The lowest BCUT2D eigenvalue weighted by Crippen LogP contribution is -2.41. The Balaban J connectivity index is 3.73. The van der Waals surface area contributed by atoms with Crippen LogP contribution in [0.1, 0.15) is 6.92 Å². The zero-order valence-electron chi connectivity index (χ0n) is 7.42. The van der Waals surface area contributed by atoms with E-state index >= 15 is 0 Å². The number of carbonyl (C=O) groups is 1. The average Bonchev–Trinajstić information content (AvgIpc) is 1.98. The molecule has 0 bridgehead atoms. The molecule has 1 N–H and O–H groups in total. The average molecular weight is 156 g/mol. The molecule has 0 saturated heterocycles. The Morgan fingerprint density at radius 3 is 2.64 bits per heavy atom. The molecule has 0 saturated carbocycles. The molecule has 0 fully saturated rings. The molecule has 3 heteroatoms. The first-order valence-electron chi connectivity index (χ1n) is 3.65. The number of rotatable bonds is 4. The summed E-state index contributed by atoms with van der Waals surface area (Å²) in [7, 11) is 3.49. The van der Waals surface area contributed by atoms with Crippen molar-refractivity contribution in [3.63, 3.8) is 0 Å². The van der Waals surface area contributed by atoms with Crippen LogP contribution >= 0.6 is 0 Å². The molecule has 0 aliphatic rings. The first-order valence-corrected chi connectivity index (χ1v) is 3.65. The van der Waals surface area contributed by atoms with Crippen molar-refractivity contribution in [2.24, 2.45) is 0 Å². The van der Waals surface area contributed by atoms with Gasteiger partial charge < -0.3 is 10.2 Å². The third-order valence-electron chi connectivity index (χ3n) is 1.38. The minimum atomic E-state index is -0.122. The van der Waals surface area contributed by atoms with Gasteiger partial charge in [-0.1, -0.05) is 6.08 Å². The summed E-state index contributed by atoms with van der Waals surface area (Å²) in [5.74, 6) is 0.0897. The lowest BCUT2D eigenvalue weighted by Gasteiger charge is -2.16. The monoisotopic (exact) mass is 156 g/mol. The minimum absolute atomic E-state index is 0.0897. The van der Waals surface area contributed by atoms with Crippen molar-refractivity contribution in [3.8, 4) is 0 Å². The third-order valence-corrected chi connectivity index (χ3v) is 1.38. The topological polar surface area (TPSA) is 32.3 Å². The number of hydrogen-bond acceptors (Lipinski definition) is 2.